The second kappa shape index (κ2) is 34.2. The van der Waals surface area contributed by atoms with E-state index in [1.165, 1.54) is 88.7 Å². The number of pyridine rings is 3. The van der Waals surface area contributed by atoms with E-state index in [-0.39, 0.29) is 38.7 Å². The molecular formula is C95H138N7+3. The molecule has 0 amide bonds. The van der Waals surface area contributed by atoms with Gasteiger partial charge in [0.05, 0.1) is 0 Å². The second-order valence-electron chi connectivity index (χ2n) is 33.2. The first kappa shape index (κ1) is 74.0. The van der Waals surface area contributed by atoms with E-state index in [4.69, 9.17) is 8.22 Å². The van der Waals surface area contributed by atoms with Crippen LogP contribution < -0.4 is 23.5 Å². The van der Waals surface area contributed by atoms with Crippen LogP contribution in [-0.4, -0.2) is 36.2 Å². The first-order valence-electron chi connectivity index (χ1n) is 41.0. The molecule has 5 heterocycles. The van der Waals surface area contributed by atoms with Crippen molar-refractivity contribution < 1.29 is 21.9 Å². The normalized spacial score (nSPS) is 15.9. The fourth-order valence-electron chi connectivity index (χ4n) is 13.5. The summed E-state index contributed by atoms with van der Waals surface area (Å²) in [5.74, 6) is 0. The lowest BCUT2D eigenvalue weighted by Crippen LogP contribution is -2.37. The zero-order valence-corrected chi connectivity index (χ0v) is 69.2. The van der Waals surface area contributed by atoms with Crippen molar-refractivity contribution >= 4 is 11.4 Å². The molecule has 0 bridgehead atoms. The fourth-order valence-corrected chi connectivity index (χ4v) is 13.5. The third-order valence-electron chi connectivity index (χ3n) is 23.5. The molecule has 0 aliphatic carbocycles. The van der Waals surface area contributed by atoms with Crippen molar-refractivity contribution in [2.24, 2.45) is 21.1 Å². The first-order valence-corrected chi connectivity index (χ1v) is 38.0. The van der Waals surface area contributed by atoms with Gasteiger partial charge < -0.3 is 19.6 Å². The SMILES string of the molecule is CCC(C)(C)c1cc(-c2ccc(C)cc2C)[n+](C)cc1C(C)(C)CC.CCC(C)(C)c1cc(-c2ccccc2C)[n+](C)cc1C(C)(C)CC.Cc1ccccc1N1C=CN(C)C1C.[2H]C([2H])([2H])N1C=CN(c2ccccc2C)C1C.[2H]C([2H])([2H])c1ccc(-c2cc(C(C)(C)CC)c(C(C)(C)CC)c[n+]2C)c(C)c1. The quantitative estimate of drug-likeness (QED) is 0.0848. The summed E-state index contributed by atoms with van der Waals surface area (Å²) in [6.45, 7) is 54.6. The third kappa shape index (κ3) is 19.3. The summed E-state index contributed by atoms with van der Waals surface area (Å²) >= 11 is 0. The molecule has 0 saturated carbocycles. The molecule has 550 valence electrons. The number of para-hydroxylation sites is 2. The molecule has 5 aromatic carbocycles. The third-order valence-corrected chi connectivity index (χ3v) is 23.5. The Balaban J connectivity index is 0.000000215. The summed E-state index contributed by atoms with van der Waals surface area (Å²) in [5.41, 5.74) is 27.3. The summed E-state index contributed by atoms with van der Waals surface area (Å²) in [4.78, 5) is 7.85. The Hall–Kier alpha value is -7.77. The molecule has 2 aliphatic heterocycles. The summed E-state index contributed by atoms with van der Waals surface area (Å²) in [5, 5.41) is 0. The van der Waals surface area contributed by atoms with E-state index >= 15 is 0 Å². The molecule has 7 nitrogen and oxygen atoms in total. The Bertz CT molecular complexity index is 4430. The summed E-state index contributed by atoms with van der Waals surface area (Å²) in [6, 6.07) is 44.6. The molecule has 8 aromatic rings. The number of aromatic nitrogens is 3. The molecule has 2 unspecified atom stereocenters. The first-order chi connectivity index (χ1) is 50.0. The molecule has 7 heteroatoms. The van der Waals surface area contributed by atoms with Gasteiger partial charge in [0, 0.05) is 110 Å². The molecule has 0 spiro atoms. The maximum atomic E-state index is 7.67. The number of hydrogen-bond donors (Lipinski definition) is 0. The summed E-state index contributed by atoms with van der Waals surface area (Å²) in [7, 11) is 8.55. The van der Waals surface area contributed by atoms with Crippen molar-refractivity contribution in [3.63, 3.8) is 0 Å². The van der Waals surface area contributed by atoms with Crippen LogP contribution in [0.25, 0.3) is 33.8 Å². The van der Waals surface area contributed by atoms with Gasteiger partial charge in [-0.15, -0.1) is 0 Å². The maximum absolute atomic E-state index is 7.67. The van der Waals surface area contributed by atoms with Gasteiger partial charge in [-0.2, -0.15) is 0 Å². The van der Waals surface area contributed by atoms with Crippen LogP contribution >= 0.6 is 0 Å². The molecule has 2 aliphatic rings. The predicted octanol–water partition coefficient (Wildman–Crippen LogP) is 23.3. The number of rotatable bonds is 17. The van der Waals surface area contributed by atoms with Crippen LogP contribution in [0.5, 0.6) is 0 Å². The number of hydrogen-bond acceptors (Lipinski definition) is 4. The van der Waals surface area contributed by atoms with Crippen LogP contribution in [0.3, 0.4) is 0 Å². The van der Waals surface area contributed by atoms with Crippen molar-refractivity contribution in [1.29, 1.82) is 0 Å². The van der Waals surface area contributed by atoms with E-state index in [9.17, 15) is 0 Å². The largest absolute Gasteiger partial charge is 0.359 e. The van der Waals surface area contributed by atoms with Crippen LogP contribution in [-0.2, 0) is 53.6 Å². The van der Waals surface area contributed by atoms with Gasteiger partial charge in [-0.05, 0) is 208 Å². The monoisotopic (exact) mass is 1380 g/mol. The minimum Gasteiger partial charge on any atom is -0.359 e. The summed E-state index contributed by atoms with van der Waals surface area (Å²) in [6.07, 6.45) is 21.6. The molecule has 2 atom stereocenters. The fraction of sp³-hybridized carbons (Fsp3) is 0.484. The molecule has 0 fully saturated rings. The number of benzene rings is 5. The van der Waals surface area contributed by atoms with Gasteiger partial charge in [0.25, 0.3) is 0 Å². The minimum absolute atomic E-state index is 0.0668. The van der Waals surface area contributed by atoms with Crippen molar-refractivity contribution in [1.82, 2.24) is 9.80 Å². The highest BCUT2D eigenvalue weighted by atomic mass is 15.4. The number of anilines is 2. The Labute approximate surface area is 631 Å². The Kier molecular flexibility index (Phi) is 24.8. The maximum Gasteiger partial charge on any atom is 0.212 e. The van der Waals surface area contributed by atoms with E-state index in [1.54, 1.807) is 18.3 Å². The molecule has 0 saturated heterocycles. The van der Waals surface area contributed by atoms with Crippen LogP contribution in [0, 0.1) is 48.4 Å². The molecule has 3 aromatic heterocycles. The molecule has 102 heavy (non-hydrogen) atoms. The van der Waals surface area contributed by atoms with Gasteiger partial charge >= 0.3 is 0 Å². The predicted molar refractivity (Wildman–Crippen MR) is 443 cm³/mol. The minimum atomic E-state index is -2.09. The highest BCUT2D eigenvalue weighted by molar-refractivity contribution is 5.66. The Morgan fingerprint density at radius 2 is 0.637 bits per heavy atom. The molecule has 0 radical (unpaired) electrons. The van der Waals surface area contributed by atoms with Crippen LogP contribution in [0.4, 0.5) is 11.4 Å². The van der Waals surface area contributed by atoms with Crippen molar-refractivity contribution in [2.45, 2.75) is 270 Å². The van der Waals surface area contributed by atoms with Gasteiger partial charge in [0.1, 0.15) is 33.5 Å². The van der Waals surface area contributed by atoms with E-state index in [2.05, 4.69) is 327 Å². The lowest BCUT2D eigenvalue weighted by Gasteiger charge is -2.32. The lowest BCUT2D eigenvalue weighted by molar-refractivity contribution is -0.661. The van der Waals surface area contributed by atoms with Crippen molar-refractivity contribution in [2.75, 3.05) is 23.8 Å². The second-order valence-corrected chi connectivity index (χ2v) is 33.2. The Morgan fingerprint density at radius 3 is 0.941 bits per heavy atom. The van der Waals surface area contributed by atoms with E-state index in [0.717, 1.165) is 66.6 Å². The van der Waals surface area contributed by atoms with Crippen LogP contribution in [0.15, 0.2) is 171 Å². The molecular weight excluding hydrogens is 1240 g/mol. The standard InChI is InChI=1S/2C24H36N.C23H34N.2C12H16N2/c2*1-10-23(5,6)20-15-22(19-13-12-17(3)14-18(19)4)25(9)16-21(20)24(7,8)11-2;1-9-22(4,5)19-15-21(18-14-12-11-13-17(18)3)24(8)16-20(19)23(6,7)10-2;2*1-10-6-4-5-7-12(10)14-9-8-13(3)11(14)2/h2*12-16H,10-11H2,1-9H3;11-16H,9-10H2,1-8H3;2*4-9,11H,1-3H3/q3*+1;;/i3D3;;;3D3;. The average Bonchev–Trinajstić information content (AvgIpc) is 1.21. The summed E-state index contributed by atoms with van der Waals surface area (Å²) < 4.78 is 52.2. The van der Waals surface area contributed by atoms with Gasteiger partial charge in [-0.25, -0.2) is 13.7 Å². The molecule has 10 rings (SSSR count). The van der Waals surface area contributed by atoms with Gasteiger partial charge in [-0.3, -0.25) is 0 Å². The number of nitrogens with zero attached hydrogens (tertiary/aromatic N) is 7. The van der Waals surface area contributed by atoms with E-state index < -0.39 is 13.8 Å². The van der Waals surface area contributed by atoms with Crippen molar-refractivity contribution in [3.8, 4) is 33.8 Å². The Morgan fingerprint density at radius 1 is 0.343 bits per heavy atom. The zero-order valence-electron chi connectivity index (χ0n) is 75.2. The van der Waals surface area contributed by atoms with Crippen LogP contribution in [0.1, 0.15) is 258 Å². The highest BCUT2D eigenvalue weighted by Gasteiger charge is 2.37. The smallest absolute Gasteiger partial charge is 0.212 e. The van der Waals surface area contributed by atoms with Gasteiger partial charge in [0.15, 0.2) is 18.6 Å². The van der Waals surface area contributed by atoms with Gasteiger partial charge in [0.2, 0.25) is 17.1 Å². The van der Waals surface area contributed by atoms with E-state index in [0.29, 0.717) is 11.7 Å². The van der Waals surface area contributed by atoms with Crippen molar-refractivity contribution in [3.05, 3.63) is 243 Å². The average molecular weight is 1380 g/mol. The number of aryl methyl sites for hydroxylation is 10. The topological polar surface area (TPSA) is 24.6 Å². The lowest BCUT2D eigenvalue weighted by atomic mass is 9.71. The van der Waals surface area contributed by atoms with E-state index in [1.807, 2.05) is 62.2 Å². The van der Waals surface area contributed by atoms with Gasteiger partial charge in [-0.1, -0.05) is 215 Å². The van der Waals surface area contributed by atoms with Crippen LogP contribution in [0.2, 0.25) is 0 Å². The highest BCUT2D eigenvalue weighted by Crippen LogP contribution is 2.43. The zero-order chi connectivity index (χ0) is 81.4. The molecule has 0 N–H and O–H groups in total.